The van der Waals surface area contributed by atoms with E-state index in [0.29, 0.717) is 31.1 Å². The zero-order chi connectivity index (χ0) is 22.2. The number of hydrogen-bond acceptors (Lipinski definition) is 8. The number of nitrogens with one attached hydrogen (secondary N) is 1. The minimum absolute atomic E-state index is 0. The second kappa shape index (κ2) is 11.8. The van der Waals surface area contributed by atoms with Gasteiger partial charge in [0.25, 0.3) is 0 Å². The highest BCUT2D eigenvalue weighted by molar-refractivity contribution is 5.80. The first-order chi connectivity index (χ1) is 15.7. The minimum atomic E-state index is 0. The molecule has 0 spiro atoms. The maximum absolute atomic E-state index is 11.8. The van der Waals surface area contributed by atoms with Crippen molar-refractivity contribution in [3.05, 3.63) is 76.8 Å². The lowest BCUT2D eigenvalue weighted by Crippen LogP contribution is -2.36. The predicted molar refractivity (Wildman–Crippen MR) is 129 cm³/mol. The molecule has 0 saturated carbocycles. The normalized spacial score (nSPS) is 13.5. The number of benzene rings is 1. The molecule has 0 bridgehead atoms. The molecule has 9 nitrogen and oxygen atoms in total. The van der Waals surface area contributed by atoms with Gasteiger partial charge in [-0.15, -0.1) is 0 Å². The number of anilines is 2. The van der Waals surface area contributed by atoms with Crippen LogP contribution in [0.4, 0.5) is 11.6 Å². The molecular weight excluding hydrogens is 420 g/mol. The van der Waals surface area contributed by atoms with Crippen molar-refractivity contribution in [1.82, 2.24) is 9.97 Å². The molecule has 4 rings (SSSR count). The van der Waals surface area contributed by atoms with Crippen molar-refractivity contribution in [3.63, 3.8) is 0 Å². The lowest BCUT2D eigenvalue weighted by molar-refractivity contribution is -0.614. The summed E-state index contributed by atoms with van der Waals surface area (Å²) in [5, 5.41) is 16.1. The van der Waals surface area contributed by atoms with Crippen LogP contribution in [0.3, 0.4) is 0 Å². The third-order valence-electron chi connectivity index (χ3n) is 4.96. The lowest BCUT2D eigenvalue weighted by Gasteiger charge is -2.28. The smallest absolute Gasteiger partial charge is 0.320 e. The third-order valence-corrected chi connectivity index (χ3v) is 4.96. The summed E-state index contributed by atoms with van der Waals surface area (Å²) in [7, 11) is 0. The van der Waals surface area contributed by atoms with Gasteiger partial charge in [0.2, 0.25) is 0 Å². The van der Waals surface area contributed by atoms with Crippen LogP contribution in [0, 0.1) is 12.1 Å². The Kier molecular flexibility index (Phi) is 8.54. The molecular formula is C24H30N6O3. The highest BCUT2D eigenvalue weighted by Gasteiger charge is 2.16. The van der Waals surface area contributed by atoms with Crippen LogP contribution in [-0.2, 0) is 11.2 Å². The number of aromatic nitrogens is 3. The molecule has 0 radical (unpaired) electrons. The third kappa shape index (κ3) is 6.88. The molecule has 1 fully saturated rings. The zero-order valence-corrected chi connectivity index (χ0v) is 18.0. The van der Waals surface area contributed by atoms with E-state index in [1.165, 1.54) is 11.8 Å². The SMILES string of the molecule is C.Cc1cccc(/C=N/Nc2cc(N3CCOCC3)nc(OCCc3cccc[n+]3[O-])n2)c1. The molecule has 3 aromatic rings. The molecule has 0 atom stereocenters. The maximum atomic E-state index is 11.8. The van der Waals surface area contributed by atoms with Crippen LogP contribution in [-0.4, -0.2) is 49.1 Å². The average Bonchev–Trinajstić information content (AvgIpc) is 2.81. The van der Waals surface area contributed by atoms with E-state index in [1.54, 1.807) is 18.3 Å². The standard InChI is InChI=1S/C23H26N6O3.CH4/c1-18-5-4-6-19(15-18)17-24-27-21-16-22(28-10-13-31-14-11-28)26-23(25-21)32-12-8-20-7-2-3-9-29(20)30;/h2-7,9,15-17H,8,10-14H2,1H3,(H,25,26,27);1H4/b24-17+;. The van der Waals surface area contributed by atoms with Gasteiger partial charge in [-0.1, -0.05) is 43.3 Å². The highest BCUT2D eigenvalue weighted by atomic mass is 16.5. The second-order valence-corrected chi connectivity index (χ2v) is 7.39. The first kappa shape index (κ1) is 23.9. The molecule has 1 aliphatic rings. The van der Waals surface area contributed by atoms with Gasteiger partial charge in [0.05, 0.1) is 25.8 Å². The molecule has 1 N–H and O–H groups in total. The zero-order valence-electron chi connectivity index (χ0n) is 18.0. The Labute approximate surface area is 194 Å². The van der Waals surface area contributed by atoms with Crippen molar-refractivity contribution in [1.29, 1.82) is 0 Å². The number of rotatable bonds is 8. The first-order valence-corrected chi connectivity index (χ1v) is 10.5. The molecule has 3 heterocycles. The molecule has 1 aromatic carbocycles. The van der Waals surface area contributed by atoms with Crippen molar-refractivity contribution in [3.8, 4) is 6.01 Å². The van der Waals surface area contributed by atoms with E-state index in [2.05, 4.69) is 25.4 Å². The topological polar surface area (TPSA) is 98.8 Å². The fourth-order valence-electron chi connectivity index (χ4n) is 3.32. The molecule has 1 aliphatic heterocycles. The molecule has 0 unspecified atom stereocenters. The Bertz CT molecular complexity index is 1070. The van der Waals surface area contributed by atoms with Crippen LogP contribution in [0.15, 0.2) is 59.8 Å². The maximum Gasteiger partial charge on any atom is 0.320 e. The van der Waals surface area contributed by atoms with Crippen LogP contribution < -0.4 is 19.8 Å². The van der Waals surface area contributed by atoms with Crippen LogP contribution in [0.1, 0.15) is 24.2 Å². The van der Waals surface area contributed by atoms with E-state index in [9.17, 15) is 5.21 Å². The minimum Gasteiger partial charge on any atom is -0.619 e. The van der Waals surface area contributed by atoms with Gasteiger partial charge in [-0.3, -0.25) is 5.43 Å². The number of aryl methyl sites for hydroxylation is 1. The van der Waals surface area contributed by atoms with Crippen molar-refractivity contribution in [2.45, 2.75) is 20.8 Å². The van der Waals surface area contributed by atoms with Crippen molar-refractivity contribution >= 4 is 17.9 Å². The van der Waals surface area contributed by atoms with Gasteiger partial charge in [0, 0.05) is 31.3 Å². The van der Waals surface area contributed by atoms with Gasteiger partial charge in [0.1, 0.15) is 12.4 Å². The molecule has 1 saturated heterocycles. The second-order valence-electron chi connectivity index (χ2n) is 7.39. The van der Waals surface area contributed by atoms with E-state index < -0.39 is 0 Å². The average molecular weight is 451 g/mol. The summed E-state index contributed by atoms with van der Waals surface area (Å²) in [5.41, 5.74) is 5.76. The Hall–Kier alpha value is -3.72. The van der Waals surface area contributed by atoms with Crippen LogP contribution in [0.2, 0.25) is 0 Å². The molecule has 0 amide bonds. The molecule has 9 heteroatoms. The monoisotopic (exact) mass is 450 g/mol. The van der Waals surface area contributed by atoms with E-state index in [-0.39, 0.29) is 20.0 Å². The van der Waals surface area contributed by atoms with E-state index in [1.807, 2.05) is 43.3 Å². The number of morpholine rings is 1. The van der Waals surface area contributed by atoms with Crippen LogP contribution in [0.25, 0.3) is 0 Å². The molecule has 174 valence electrons. The fourth-order valence-corrected chi connectivity index (χ4v) is 3.32. The fraction of sp³-hybridized carbons (Fsp3) is 0.333. The summed E-state index contributed by atoms with van der Waals surface area (Å²) in [6.45, 7) is 5.09. The largest absolute Gasteiger partial charge is 0.619 e. The molecule has 0 aliphatic carbocycles. The van der Waals surface area contributed by atoms with Gasteiger partial charge in [0.15, 0.2) is 17.7 Å². The van der Waals surface area contributed by atoms with E-state index >= 15 is 0 Å². The highest BCUT2D eigenvalue weighted by Crippen LogP contribution is 2.20. The predicted octanol–water partition coefficient (Wildman–Crippen LogP) is 2.96. The number of pyridine rings is 1. The Morgan fingerprint density at radius 2 is 2.03 bits per heavy atom. The van der Waals surface area contributed by atoms with Gasteiger partial charge < -0.3 is 19.6 Å². The molecule has 33 heavy (non-hydrogen) atoms. The summed E-state index contributed by atoms with van der Waals surface area (Å²) in [6.07, 6.45) is 3.66. The van der Waals surface area contributed by atoms with Crippen molar-refractivity contribution < 1.29 is 14.2 Å². The van der Waals surface area contributed by atoms with Crippen LogP contribution in [0.5, 0.6) is 6.01 Å². The van der Waals surface area contributed by atoms with E-state index in [0.717, 1.165) is 29.2 Å². The van der Waals surface area contributed by atoms with Crippen LogP contribution >= 0.6 is 0 Å². The molecule has 2 aromatic heterocycles. The lowest BCUT2D eigenvalue weighted by atomic mass is 10.2. The summed E-state index contributed by atoms with van der Waals surface area (Å²) in [5.74, 6) is 1.27. The summed E-state index contributed by atoms with van der Waals surface area (Å²) < 4.78 is 12.1. The number of ether oxygens (including phenoxy) is 2. The van der Waals surface area contributed by atoms with Gasteiger partial charge in [-0.2, -0.15) is 19.8 Å². The van der Waals surface area contributed by atoms with Gasteiger partial charge >= 0.3 is 6.01 Å². The number of nitrogens with zero attached hydrogens (tertiary/aromatic N) is 5. The summed E-state index contributed by atoms with van der Waals surface area (Å²) in [6, 6.07) is 15.4. The summed E-state index contributed by atoms with van der Waals surface area (Å²) in [4.78, 5) is 11.1. The van der Waals surface area contributed by atoms with Crippen molar-refractivity contribution in [2.24, 2.45) is 5.10 Å². The quantitative estimate of drug-likeness (QED) is 0.244. The Morgan fingerprint density at radius 1 is 1.18 bits per heavy atom. The van der Waals surface area contributed by atoms with Crippen molar-refractivity contribution in [2.75, 3.05) is 43.2 Å². The Morgan fingerprint density at radius 3 is 2.82 bits per heavy atom. The Balaban J connectivity index is 0.00000306. The first-order valence-electron chi connectivity index (χ1n) is 10.5. The summed E-state index contributed by atoms with van der Waals surface area (Å²) >= 11 is 0. The van der Waals surface area contributed by atoms with Gasteiger partial charge in [-0.25, -0.2) is 0 Å². The van der Waals surface area contributed by atoms with E-state index in [4.69, 9.17) is 9.47 Å². The van der Waals surface area contributed by atoms with Gasteiger partial charge in [-0.05, 0) is 12.5 Å². The number of hydrogen-bond donors (Lipinski definition) is 1. The number of hydrazone groups is 1.